The fourth-order valence-electron chi connectivity index (χ4n) is 2.01. The van der Waals surface area contributed by atoms with Gasteiger partial charge < -0.3 is 15.2 Å². The zero-order chi connectivity index (χ0) is 15.1. The minimum Gasteiger partial charge on any atom is -0.494 e. The van der Waals surface area contributed by atoms with E-state index in [1.165, 1.54) is 0 Å². The van der Waals surface area contributed by atoms with E-state index in [1.54, 1.807) is 12.4 Å². The van der Waals surface area contributed by atoms with Gasteiger partial charge in [-0.2, -0.15) is 0 Å². The van der Waals surface area contributed by atoms with Crippen LogP contribution in [0.15, 0.2) is 48.8 Å². The number of aromatic nitrogens is 1. The van der Waals surface area contributed by atoms with Gasteiger partial charge in [-0.05, 0) is 55.3 Å². The highest BCUT2D eigenvalue weighted by atomic mass is 16.5. The smallest absolute Gasteiger partial charge is 0.139 e. The SMILES string of the molecule is CCCOc1ccc(OC(c2ccncc2)C(C)N)cc1. The van der Waals surface area contributed by atoms with Gasteiger partial charge in [0, 0.05) is 18.4 Å². The molecule has 1 aromatic heterocycles. The lowest BCUT2D eigenvalue weighted by atomic mass is 10.1. The van der Waals surface area contributed by atoms with E-state index in [9.17, 15) is 0 Å². The van der Waals surface area contributed by atoms with Crippen molar-refractivity contribution in [2.45, 2.75) is 32.4 Å². The Balaban J connectivity index is 2.07. The van der Waals surface area contributed by atoms with Gasteiger partial charge in [-0.15, -0.1) is 0 Å². The molecule has 0 spiro atoms. The molecule has 0 aliphatic rings. The highest BCUT2D eigenvalue weighted by Crippen LogP contribution is 2.25. The number of ether oxygens (including phenoxy) is 2. The first-order valence-corrected chi connectivity index (χ1v) is 7.25. The lowest BCUT2D eigenvalue weighted by molar-refractivity contribution is 0.180. The Morgan fingerprint density at radius 2 is 1.67 bits per heavy atom. The van der Waals surface area contributed by atoms with Crippen molar-refractivity contribution in [1.29, 1.82) is 0 Å². The molecule has 21 heavy (non-hydrogen) atoms. The summed E-state index contributed by atoms with van der Waals surface area (Å²) in [6.07, 6.45) is 4.29. The van der Waals surface area contributed by atoms with Crippen molar-refractivity contribution in [1.82, 2.24) is 4.98 Å². The molecular weight excluding hydrogens is 264 g/mol. The molecular formula is C17H22N2O2. The molecule has 2 atom stereocenters. The maximum absolute atomic E-state index is 6.04. The van der Waals surface area contributed by atoms with Gasteiger partial charge in [0.2, 0.25) is 0 Å². The van der Waals surface area contributed by atoms with E-state index in [2.05, 4.69) is 11.9 Å². The molecule has 4 heteroatoms. The summed E-state index contributed by atoms with van der Waals surface area (Å²) in [5.41, 5.74) is 7.06. The molecule has 0 fully saturated rings. The number of nitrogens with two attached hydrogens (primary N) is 1. The molecule has 0 bridgehead atoms. The molecule has 0 saturated carbocycles. The number of pyridine rings is 1. The van der Waals surface area contributed by atoms with Gasteiger partial charge in [-0.3, -0.25) is 4.98 Å². The molecule has 2 rings (SSSR count). The Kier molecular flexibility index (Phi) is 5.58. The van der Waals surface area contributed by atoms with Gasteiger partial charge in [0.1, 0.15) is 17.6 Å². The quantitative estimate of drug-likeness (QED) is 0.848. The average Bonchev–Trinajstić information content (AvgIpc) is 2.52. The van der Waals surface area contributed by atoms with Crippen LogP contribution in [0.25, 0.3) is 0 Å². The van der Waals surface area contributed by atoms with Crippen LogP contribution in [0.1, 0.15) is 31.9 Å². The molecule has 2 unspecified atom stereocenters. The van der Waals surface area contributed by atoms with Gasteiger partial charge in [-0.25, -0.2) is 0 Å². The van der Waals surface area contributed by atoms with Gasteiger partial charge in [0.15, 0.2) is 0 Å². The second-order valence-corrected chi connectivity index (χ2v) is 5.00. The topological polar surface area (TPSA) is 57.4 Å². The van der Waals surface area contributed by atoms with Crippen molar-refractivity contribution in [3.8, 4) is 11.5 Å². The van der Waals surface area contributed by atoms with E-state index in [-0.39, 0.29) is 12.1 Å². The zero-order valence-corrected chi connectivity index (χ0v) is 12.5. The van der Waals surface area contributed by atoms with E-state index in [0.29, 0.717) is 0 Å². The van der Waals surface area contributed by atoms with Crippen LogP contribution < -0.4 is 15.2 Å². The number of hydrogen-bond donors (Lipinski definition) is 1. The average molecular weight is 286 g/mol. The van der Waals surface area contributed by atoms with E-state index >= 15 is 0 Å². The fourth-order valence-corrected chi connectivity index (χ4v) is 2.01. The summed E-state index contributed by atoms with van der Waals surface area (Å²) in [7, 11) is 0. The number of nitrogens with zero attached hydrogens (tertiary/aromatic N) is 1. The Bertz CT molecular complexity index is 526. The molecule has 4 nitrogen and oxygen atoms in total. The first kappa shape index (κ1) is 15.3. The molecule has 0 aliphatic heterocycles. The van der Waals surface area contributed by atoms with Crippen molar-refractivity contribution in [2.24, 2.45) is 5.73 Å². The highest BCUT2D eigenvalue weighted by molar-refractivity contribution is 5.32. The number of hydrogen-bond acceptors (Lipinski definition) is 4. The van der Waals surface area contributed by atoms with Crippen LogP contribution in [-0.4, -0.2) is 17.6 Å². The summed E-state index contributed by atoms with van der Waals surface area (Å²) in [6.45, 7) is 4.74. The van der Waals surface area contributed by atoms with Crippen molar-refractivity contribution in [3.63, 3.8) is 0 Å². The van der Waals surface area contributed by atoms with E-state index in [4.69, 9.17) is 15.2 Å². The van der Waals surface area contributed by atoms with Crippen LogP contribution in [-0.2, 0) is 0 Å². The first-order chi connectivity index (χ1) is 10.2. The molecule has 1 heterocycles. The summed E-state index contributed by atoms with van der Waals surface area (Å²) >= 11 is 0. The summed E-state index contributed by atoms with van der Waals surface area (Å²) in [5.74, 6) is 1.63. The lowest BCUT2D eigenvalue weighted by Gasteiger charge is -2.23. The van der Waals surface area contributed by atoms with Crippen LogP contribution in [0.2, 0.25) is 0 Å². The zero-order valence-electron chi connectivity index (χ0n) is 12.5. The maximum Gasteiger partial charge on any atom is 0.139 e. The van der Waals surface area contributed by atoms with Gasteiger partial charge in [0.25, 0.3) is 0 Å². The number of rotatable bonds is 7. The van der Waals surface area contributed by atoms with Crippen molar-refractivity contribution in [3.05, 3.63) is 54.4 Å². The Morgan fingerprint density at radius 1 is 1.05 bits per heavy atom. The summed E-state index contributed by atoms with van der Waals surface area (Å²) in [4.78, 5) is 4.02. The minimum absolute atomic E-state index is 0.122. The molecule has 2 aromatic rings. The van der Waals surface area contributed by atoms with Gasteiger partial charge >= 0.3 is 0 Å². The van der Waals surface area contributed by atoms with E-state index in [0.717, 1.165) is 30.1 Å². The van der Waals surface area contributed by atoms with E-state index < -0.39 is 0 Å². The van der Waals surface area contributed by atoms with Crippen LogP contribution in [0, 0.1) is 0 Å². The summed E-state index contributed by atoms with van der Waals surface area (Å²) < 4.78 is 11.6. The fraction of sp³-hybridized carbons (Fsp3) is 0.353. The number of benzene rings is 1. The molecule has 0 amide bonds. The third kappa shape index (κ3) is 4.46. The summed E-state index contributed by atoms with van der Waals surface area (Å²) in [6, 6.07) is 11.4. The van der Waals surface area contributed by atoms with E-state index in [1.807, 2.05) is 43.3 Å². The first-order valence-electron chi connectivity index (χ1n) is 7.25. The Labute approximate surface area is 125 Å². The predicted molar refractivity (Wildman–Crippen MR) is 83.5 cm³/mol. The second kappa shape index (κ2) is 7.64. The van der Waals surface area contributed by atoms with Crippen molar-refractivity contribution in [2.75, 3.05) is 6.61 Å². The minimum atomic E-state index is -0.199. The molecule has 2 N–H and O–H groups in total. The second-order valence-electron chi connectivity index (χ2n) is 5.00. The largest absolute Gasteiger partial charge is 0.494 e. The Morgan fingerprint density at radius 3 is 2.24 bits per heavy atom. The third-order valence-corrected chi connectivity index (χ3v) is 3.07. The van der Waals surface area contributed by atoms with Crippen LogP contribution >= 0.6 is 0 Å². The monoisotopic (exact) mass is 286 g/mol. The predicted octanol–water partition coefficient (Wildman–Crippen LogP) is 3.34. The van der Waals surface area contributed by atoms with Crippen LogP contribution in [0.4, 0.5) is 0 Å². The normalized spacial score (nSPS) is 13.5. The molecule has 1 aromatic carbocycles. The van der Waals surface area contributed by atoms with Gasteiger partial charge in [-0.1, -0.05) is 6.92 Å². The Hall–Kier alpha value is -2.07. The van der Waals surface area contributed by atoms with Gasteiger partial charge in [0.05, 0.1) is 6.61 Å². The molecule has 0 saturated heterocycles. The molecule has 0 aliphatic carbocycles. The van der Waals surface area contributed by atoms with Crippen molar-refractivity contribution >= 4 is 0 Å². The highest BCUT2D eigenvalue weighted by Gasteiger charge is 2.18. The maximum atomic E-state index is 6.04. The standard InChI is InChI=1S/C17H22N2O2/c1-3-12-20-15-4-6-16(7-5-15)21-17(13(2)18)14-8-10-19-11-9-14/h4-11,13,17H,3,12,18H2,1-2H3. The lowest BCUT2D eigenvalue weighted by Crippen LogP contribution is -2.29. The van der Waals surface area contributed by atoms with Crippen LogP contribution in [0.3, 0.4) is 0 Å². The third-order valence-electron chi connectivity index (χ3n) is 3.07. The summed E-state index contributed by atoms with van der Waals surface area (Å²) in [5, 5.41) is 0. The molecule has 0 radical (unpaired) electrons. The van der Waals surface area contributed by atoms with Crippen LogP contribution in [0.5, 0.6) is 11.5 Å². The molecule has 112 valence electrons. The van der Waals surface area contributed by atoms with Crippen molar-refractivity contribution < 1.29 is 9.47 Å².